The maximum atomic E-state index is 13.3. The first-order chi connectivity index (χ1) is 8.45. The Balaban J connectivity index is 2.86. The van der Waals surface area contributed by atoms with Crippen molar-refractivity contribution in [1.82, 2.24) is 0 Å². The number of nitro benzene ring substituents is 1. The summed E-state index contributed by atoms with van der Waals surface area (Å²) in [5.74, 6) is -0.590. The van der Waals surface area contributed by atoms with Crippen LogP contribution in [0.1, 0.15) is 19.8 Å². The van der Waals surface area contributed by atoms with Gasteiger partial charge in [-0.3, -0.25) is 10.1 Å². The van der Waals surface area contributed by atoms with Gasteiger partial charge in [0.2, 0.25) is 0 Å². The summed E-state index contributed by atoms with van der Waals surface area (Å²) in [6, 6.07) is 2.14. The number of aliphatic hydroxyl groups is 1. The van der Waals surface area contributed by atoms with Crippen LogP contribution in [0.2, 0.25) is 0 Å². The molecule has 0 aromatic heterocycles. The van der Waals surface area contributed by atoms with Crippen LogP contribution in [-0.4, -0.2) is 22.7 Å². The number of hydrogen-bond donors (Lipinski definition) is 2. The molecule has 0 radical (unpaired) electrons. The summed E-state index contributed by atoms with van der Waals surface area (Å²) in [4.78, 5) is 10.2. The lowest BCUT2D eigenvalue weighted by atomic mass is 10.2. The van der Waals surface area contributed by atoms with Gasteiger partial charge in [0.25, 0.3) is 5.69 Å². The molecule has 2 N–H and O–H groups in total. The van der Waals surface area contributed by atoms with E-state index in [1.807, 2.05) is 6.92 Å². The molecular formula is C11H14BrFN2O3. The average Bonchev–Trinajstić information content (AvgIpc) is 2.30. The van der Waals surface area contributed by atoms with Gasteiger partial charge in [-0.05, 0) is 22.4 Å². The summed E-state index contributed by atoms with van der Waals surface area (Å²) < 4.78 is 13.4. The molecule has 0 fully saturated rings. The Labute approximate surface area is 112 Å². The van der Waals surface area contributed by atoms with Gasteiger partial charge in [-0.15, -0.1) is 0 Å². The summed E-state index contributed by atoms with van der Waals surface area (Å²) in [5, 5.41) is 23.0. The predicted molar refractivity (Wildman–Crippen MR) is 70.2 cm³/mol. The third kappa shape index (κ3) is 3.92. The normalized spacial score (nSPS) is 12.2. The third-order valence-corrected chi connectivity index (χ3v) is 2.99. The molecule has 1 aromatic carbocycles. The largest absolute Gasteiger partial charge is 0.391 e. The molecule has 0 saturated heterocycles. The van der Waals surface area contributed by atoms with E-state index in [-0.39, 0.29) is 22.4 Å². The number of hydrogen-bond acceptors (Lipinski definition) is 4. The number of nitrogens with zero attached hydrogens (tertiary/aromatic N) is 1. The molecule has 0 aliphatic carbocycles. The molecule has 0 aliphatic heterocycles. The number of rotatable bonds is 6. The number of anilines is 1. The lowest BCUT2D eigenvalue weighted by Gasteiger charge is -2.12. The van der Waals surface area contributed by atoms with Crippen LogP contribution in [0.25, 0.3) is 0 Å². The van der Waals surface area contributed by atoms with Gasteiger partial charge in [0.15, 0.2) is 0 Å². The fourth-order valence-electron chi connectivity index (χ4n) is 1.49. The van der Waals surface area contributed by atoms with Crippen LogP contribution < -0.4 is 5.32 Å². The molecule has 1 unspecified atom stereocenters. The molecule has 0 heterocycles. The molecule has 5 nitrogen and oxygen atoms in total. The Morgan fingerprint density at radius 3 is 2.83 bits per heavy atom. The van der Waals surface area contributed by atoms with Crippen LogP contribution in [0.3, 0.4) is 0 Å². The van der Waals surface area contributed by atoms with Gasteiger partial charge in [0.1, 0.15) is 11.5 Å². The van der Waals surface area contributed by atoms with E-state index in [1.54, 1.807) is 0 Å². The van der Waals surface area contributed by atoms with Gasteiger partial charge in [-0.2, -0.15) is 0 Å². The minimum absolute atomic E-state index is 0.0360. The Morgan fingerprint density at radius 1 is 1.61 bits per heavy atom. The zero-order chi connectivity index (χ0) is 13.7. The maximum absolute atomic E-state index is 13.3. The second kappa shape index (κ2) is 6.65. The quantitative estimate of drug-likeness (QED) is 0.624. The highest BCUT2D eigenvalue weighted by molar-refractivity contribution is 9.10. The van der Waals surface area contributed by atoms with Crippen molar-refractivity contribution in [1.29, 1.82) is 0 Å². The van der Waals surface area contributed by atoms with Gasteiger partial charge in [-0.1, -0.05) is 13.3 Å². The Kier molecular flexibility index (Phi) is 5.49. The van der Waals surface area contributed by atoms with Gasteiger partial charge in [-0.25, -0.2) is 4.39 Å². The van der Waals surface area contributed by atoms with Gasteiger partial charge < -0.3 is 10.4 Å². The van der Waals surface area contributed by atoms with Gasteiger partial charge in [0, 0.05) is 18.7 Å². The molecule has 0 bridgehead atoms. The summed E-state index contributed by atoms with van der Waals surface area (Å²) in [7, 11) is 0. The molecule has 100 valence electrons. The molecule has 1 aromatic rings. The first kappa shape index (κ1) is 14.8. The number of halogens is 2. The van der Waals surface area contributed by atoms with Crippen molar-refractivity contribution in [3.63, 3.8) is 0 Å². The second-order valence-corrected chi connectivity index (χ2v) is 4.72. The third-order valence-electron chi connectivity index (χ3n) is 2.39. The van der Waals surface area contributed by atoms with Crippen LogP contribution in [0.4, 0.5) is 15.8 Å². The van der Waals surface area contributed by atoms with Gasteiger partial charge >= 0.3 is 0 Å². The van der Waals surface area contributed by atoms with Crippen LogP contribution in [-0.2, 0) is 0 Å². The van der Waals surface area contributed by atoms with Crippen molar-refractivity contribution < 1.29 is 14.4 Å². The van der Waals surface area contributed by atoms with Crippen molar-refractivity contribution in [2.75, 3.05) is 11.9 Å². The minimum atomic E-state index is -0.610. The smallest absolute Gasteiger partial charge is 0.293 e. The molecule has 1 atom stereocenters. The molecule has 1 rings (SSSR count). The van der Waals surface area contributed by atoms with Crippen molar-refractivity contribution in [3.05, 3.63) is 32.5 Å². The fraction of sp³-hybridized carbons (Fsp3) is 0.455. The molecule has 18 heavy (non-hydrogen) atoms. The summed E-state index contributed by atoms with van der Waals surface area (Å²) in [6.45, 7) is 2.07. The van der Waals surface area contributed by atoms with Gasteiger partial charge in [0.05, 0.1) is 15.5 Å². The van der Waals surface area contributed by atoms with Crippen LogP contribution in [0.5, 0.6) is 0 Å². The van der Waals surface area contributed by atoms with E-state index < -0.39 is 16.8 Å². The highest BCUT2D eigenvalue weighted by atomic mass is 79.9. The Hall–Kier alpha value is -1.21. The first-order valence-corrected chi connectivity index (χ1v) is 6.30. The zero-order valence-corrected chi connectivity index (χ0v) is 11.4. The van der Waals surface area contributed by atoms with Crippen molar-refractivity contribution in [2.45, 2.75) is 25.9 Å². The van der Waals surface area contributed by atoms with Crippen molar-refractivity contribution in [2.24, 2.45) is 0 Å². The van der Waals surface area contributed by atoms with Crippen LogP contribution >= 0.6 is 15.9 Å². The Morgan fingerprint density at radius 2 is 2.28 bits per heavy atom. The summed E-state index contributed by atoms with van der Waals surface area (Å²) in [5.41, 5.74) is -0.164. The number of benzene rings is 1. The molecule has 7 heteroatoms. The zero-order valence-electron chi connectivity index (χ0n) is 9.82. The van der Waals surface area contributed by atoms with E-state index in [4.69, 9.17) is 0 Å². The summed E-state index contributed by atoms with van der Waals surface area (Å²) >= 11 is 2.90. The molecule has 0 saturated carbocycles. The van der Waals surface area contributed by atoms with E-state index >= 15 is 0 Å². The highest BCUT2D eigenvalue weighted by Gasteiger charge is 2.18. The van der Waals surface area contributed by atoms with E-state index in [9.17, 15) is 19.6 Å². The van der Waals surface area contributed by atoms with E-state index in [0.717, 1.165) is 18.6 Å². The topological polar surface area (TPSA) is 75.4 Å². The van der Waals surface area contributed by atoms with E-state index in [1.165, 1.54) is 0 Å². The molecule has 0 spiro atoms. The molecule has 0 aliphatic rings. The number of aliphatic hydroxyl groups excluding tert-OH is 1. The van der Waals surface area contributed by atoms with Crippen LogP contribution in [0, 0.1) is 15.9 Å². The second-order valence-electron chi connectivity index (χ2n) is 3.86. The SMILES string of the molecule is CCCC(O)CNc1cc(F)c(Br)cc1[N+](=O)[O-]. The maximum Gasteiger partial charge on any atom is 0.293 e. The number of nitrogens with one attached hydrogen (secondary N) is 1. The minimum Gasteiger partial charge on any atom is -0.391 e. The predicted octanol–water partition coefficient (Wildman–Crippen LogP) is 3.07. The van der Waals surface area contributed by atoms with Crippen molar-refractivity contribution >= 4 is 27.3 Å². The fourth-order valence-corrected chi connectivity index (χ4v) is 1.82. The van der Waals surface area contributed by atoms with Crippen LogP contribution in [0.15, 0.2) is 16.6 Å². The lowest BCUT2D eigenvalue weighted by Crippen LogP contribution is -2.19. The standard InChI is InChI=1S/C11H14BrFN2O3/c1-2-3-7(16)6-14-10-5-9(13)8(12)4-11(10)15(17)18/h4-5,7,14,16H,2-3,6H2,1H3. The summed E-state index contributed by atoms with van der Waals surface area (Å²) in [6.07, 6.45) is 0.778. The average molecular weight is 321 g/mol. The first-order valence-electron chi connectivity index (χ1n) is 5.51. The monoisotopic (exact) mass is 320 g/mol. The van der Waals surface area contributed by atoms with Crippen molar-refractivity contribution in [3.8, 4) is 0 Å². The van der Waals surface area contributed by atoms with E-state index in [0.29, 0.717) is 6.42 Å². The molecular weight excluding hydrogens is 307 g/mol. The number of nitro groups is 1. The highest BCUT2D eigenvalue weighted by Crippen LogP contribution is 2.30. The molecule has 0 amide bonds. The lowest BCUT2D eigenvalue weighted by molar-refractivity contribution is -0.384. The Bertz CT molecular complexity index is 443. The van der Waals surface area contributed by atoms with E-state index in [2.05, 4.69) is 21.2 Å².